The first-order valence-electron chi connectivity index (χ1n) is 9.73. The molecular weight excluding hydrogens is 390 g/mol. The first-order valence-corrected chi connectivity index (χ1v) is 10.5. The van der Waals surface area contributed by atoms with Crippen LogP contribution in [0.4, 0.5) is 23.1 Å². The second-order valence-electron chi connectivity index (χ2n) is 7.09. The van der Waals surface area contributed by atoms with Crippen LogP contribution >= 0.6 is 12.0 Å². The van der Waals surface area contributed by atoms with Gasteiger partial charge in [-0.2, -0.15) is 15.1 Å². The summed E-state index contributed by atoms with van der Waals surface area (Å²) in [6.45, 7) is 3.39. The predicted octanol–water partition coefficient (Wildman–Crippen LogP) is 3.16. The van der Waals surface area contributed by atoms with Gasteiger partial charge in [0.25, 0.3) is 0 Å². The molecule has 152 valence electrons. The highest BCUT2D eigenvalue weighted by molar-refractivity contribution is 7.94. The first kappa shape index (κ1) is 18.5. The average molecular weight is 414 g/mol. The van der Waals surface area contributed by atoms with Crippen LogP contribution in [0.3, 0.4) is 0 Å². The largest absolute Gasteiger partial charge is 0.378 e. The molecule has 0 bridgehead atoms. The Labute approximate surface area is 172 Å². The van der Waals surface area contributed by atoms with Gasteiger partial charge < -0.3 is 24.5 Å². The summed E-state index contributed by atoms with van der Waals surface area (Å²) in [4.78, 5) is 11.6. The Morgan fingerprint density at radius 2 is 1.97 bits per heavy atom. The summed E-state index contributed by atoms with van der Waals surface area (Å²) in [5.74, 6) is 1.30. The number of nitrogens with zero attached hydrogens (tertiary/aromatic N) is 4. The van der Waals surface area contributed by atoms with Crippen molar-refractivity contribution in [2.45, 2.75) is 23.9 Å². The molecule has 9 nitrogen and oxygen atoms in total. The average Bonchev–Trinajstić information content (AvgIpc) is 3.48. The van der Waals surface area contributed by atoms with Gasteiger partial charge in [-0.15, -0.1) is 0 Å². The van der Waals surface area contributed by atoms with Gasteiger partial charge in [0.05, 0.1) is 37.8 Å². The van der Waals surface area contributed by atoms with Crippen LogP contribution in [0.2, 0.25) is 0 Å². The number of anilines is 4. The quantitative estimate of drug-likeness (QED) is 0.504. The Hall–Kier alpha value is -2.56. The van der Waals surface area contributed by atoms with E-state index in [-0.39, 0.29) is 0 Å². The van der Waals surface area contributed by atoms with E-state index in [9.17, 15) is 0 Å². The van der Waals surface area contributed by atoms with E-state index in [2.05, 4.69) is 42.8 Å². The molecule has 0 spiro atoms. The molecule has 0 radical (unpaired) electrons. The Bertz CT molecular complexity index is 984. The van der Waals surface area contributed by atoms with Crippen molar-refractivity contribution in [2.75, 3.05) is 48.9 Å². The Morgan fingerprint density at radius 3 is 2.69 bits per heavy atom. The number of ether oxygens (including phenoxy) is 1. The summed E-state index contributed by atoms with van der Waals surface area (Å²) in [6, 6.07) is 8.78. The van der Waals surface area contributed by atoms with Crippen molar-refractivity contribution in [3.63, 3.8) is 0 Å². The van der Waals surface area contributed by atoms with Crippen molar-refractivity contribution < 1.29 is 8.92 Å². The van der Waals surface area contributed by atoms with Gasteiger partial charge in [-0.05, 0) is 37.1 Å². The van der Waals surface area contributed by atoms with Gasteiger partial charge >= 0.3 is 0 Å². The van der Waals surface area contributed by atoms with E-state index in [1.54, 1.807) is 7.11 Å². The van der Waals surface area contributed by atoms with Crippen LogP contribution < -0.4 is 15.5 Å². The SMILES string of the molecule is COSc1n[nH]c2nc(Nc3ccc(N4CCOCC4)cc3)nc(NC3CC3)c12. The molecule has 1 aromatic carbocycles. The minimum atomic E-state index is 0.462. The number of aromatic amines is 1. The molecule has 5 rings (SSSR count). The fraction of sp³-hybridized carbons (Fsp3) is 0.421. The minimum Gasteiger partial charge on any atom is -0.378 e. The van der Waals surface area contributed by atoms with Crippen LogP contribution in [-0.2, 0) is 8.92 Å². The lowest BCUT2D eigenvalue weighted by atomic mass is 10.2. The maximum Gasteiger partial charge on any atom is 0.231 e. The summed E-state index contributed by atoms with van der Waals surface area (Å²) in [5, 5.41) is 15.7. The predicted molar refractivity (Wildman–Crippen MR) is 114 cm³/mol. The van der Waals surface area contributed by atoms with E-state index in [0.29, 0.717) is 17.6 Å². The summed E-state index contributed by atoms with van der Waals surface area (Å²) in [6.07, 6.45) is 2.31. The van der Waals surface area contributed by atoms with E-state index in [1.165, 1.54) is 17.7 Å². The van der Waals surface area contributed by atoms with Gasteiger partial charge in [-0.25, -0.2) is 0 Å². The lowest BCUT2D eigenvalue weighted by Crippen LogP contribution is -2.36. The summed E-state index contributed by atoms with van der Waals surface area (Å²) in [7, 11) is 1.62. The number of benzene rings is 1. The van der Waals surface area contributed by atoms with Crippen LogP contribution in [0, 0.1) is 0 Å². The summed E-state index contributed by atoms with van der Waals surface area (Å²) < 4.78 is 10.6. The molecule has 2 aliphatic rings. The van der Waals surface area contributed by atoms with E-state index in [1.807, 2.05) is 12.1 Å². The number of morpholine rings is 1. The van der Waals surface area contributed by atoms with Crippen molar-refractivity contribution >= 4 is 46.2 Å². The molecule has 0 amide bonds. The number of aromatic nitrogens is 4. The van der Waals surface area contributed by atoms with Crippen molar-refractivity contribution in [1.29, 1.82) is 0 Å². The molecule has 0 unspecified atom stereocenters. The zero-order valence-electron chi connectivity index (χ0n) is 16.1. The highest BCUT2D eigenvalue weighted by Crippen LogP contribution is 2.34. The number of hydrogen-bond acceptors (Lipinski definition) is 9. The van der Waals surface area contributed by atoms with Gasteiger partial charge in [0.15, 0.2) is 10.7 Å². The van der Waals surface area contributed by atoms with Crippen LogP contribution in [0.25, 0.3) is 11.0 Å². The molecular formula is C19H23N7O2S. The first-order chi connectivity index (χ1) is 14.3. The maximum atomic E-state index is 5.43. The van der Waals surface area contributed by atoms with Crippen LogP contribution in [-0.4, -0.2) is 59.6 Å². The normalized spacial score (nSPS) is 16.9. The Kier molecular flexibility index (Phi) is 5.13. The van der Waals surface area contributed by atoms with Crippen molar-refractivity contribution in [3.8, 4) is 0 Å². The topological polar surface area (TPSA) is 100 Å². The molecule has 3 heterocycles. The van der Waals surface area contributed by atoms with E-state index >= 15 is 0 Å². The summed E-state index contributed by atoms with van der Waals surface area (Å²) in [5.41, 5.74) is 2.81. The molecule has 1 aliphatic heterocycles. The molecule has 2 aromatic heterocycles. The van der Waals surface area contributed by atoms with Crippen LogP contribution in [0.1, 0.15) is 12.8 Å². The van der Waals surface area contributed by atoms with Gasteiger partial charge in [-0.3, -0.25) is 5.10 Å². The maximum absolute atomic E-state index is 5.43. The van der Waals surface area contributed by atoms with Crippen LogP contribution in [0.5, 0.6) is 0 Å². The van der Waals surface area contributed by atoms with Crippen molar-refractivity contribution in [3.05, 3.63) is 24.3 Å². The standard InChI is InChI=1S/C19H23N7O2S/c1-27-29-18-15-16(20-12-2-3-12)22-19(23-17(15)24-25-18)21-13-4-6-14(7-5-13)26-8-10-28-11-9-26/h4-7,12H,2-3,8-11H2,1H3,(H3,20,21,22,23,24,25). The van der Waals surface area contributed by atoms with Gasteiger partial charge in [0.2, 0.25) is 5.95 Å². The molecule has 10 heteroatoms. The fourth-order valence-electron chi connectivity index (χ4n) is 3.33. The number of H-pyrrole nitrogens is 1. The minimum absolute atomic E-state index is 0.462. The summed E-state index contributed by atoms with van der Waals surface area (Å²) >= 11 is 1.20. The highest BCUT2D eigenvalue weighted by Gasteiger charge is 2.25. The lowest BCUT2D eigenvalue weighted by molar-refractivity contribution is 0.122. The van der Waals surface area contributed by atoms with Crippen molar-refractivity contribution in [1.82, 2.24) is 20.2 Å². The number of hydrogen-bond donors (Lipinski definition) is 3. The lowest BCUT2D eigenvalue weighted by Gasteiger charge is -2.28. The monoisotopic (exact) mass is 413 g/mol. The molecule has 3 aromatic rings. The van der Waals surface area contributed by atoms with E-state index < -0.39 is 0 Å². The third-order valence-corrected chi connectivity index (χ3v) is 5.59. The number of fused-ring (bicyclic) bond motifs is 1. The zero-order valence-corrected chi connectivity index (χ0v) is 17.0. The Morgan fingerprint density at radius 1 is 1.17 bits per heavy atom. The smallest absolute Gasteiger partial charge is 0.231 e. The third kappa shape index (κ3) is 4.09. The molecule has 1 saturated carbocycles. The number of rotatable bonds is 7. The van der Waals surface area contributed by atoms with E-state index in [4.69, 9.17) is 13.9 Å². The van der Waals surface area contributed by atoms with Gasteiger partial charge in [0, 0.05) is 30.5 Å². The highest BCUT2D eigenvalue weighted by atomic mass is 32.2. The Balaban J connectivity index is 1.39. The number of nitrogens with one attached hydrogen (secondary N) is 3. The van der Waals surface area contributed by atoms with Gasteiger partial charge in [-0.1, -0.05) is 0 Å². The molecule has 0 atom stereocenters. The third-order valence-electron chi connectivity index (χ3n) is 4.97. The molecule has 1 saturated heterocycles. The van der Waals surface area contributed by atoms with Gasteiger partial charge in [0.1, 0.15) is 5.82 Å². The molecule has 1 aliphatic carbocycles. The van der Waals surface area contributed by atoms with E-state index in [0.717, 1.165) is 61.1 Å². The second kappa shape index (κ2) is 8.05. The molecule has 2 fully saturated rings. The molecule has 3 N–H and O–H groups in total. The van der Waals surface area contributed by atoms with Crippen molar-refractivity contribution in [2.24, 2.45) is 0 Å². The molecule has 29 heavy (non-hydrogen) atoms. The zero-order chi connectivity index (χ0) is 19.6. The van der Waals surface area contributed by atoms with Crippen LogP contribution in [0.15, 0.2) is 29.3 Å². The fourth-order valence-corrected chi connectivity index (χ4v) is 3.85. The second-order valence-corrected chi connectivity index (χ2v) is 7.97.